The molecule has 0 amide bonds. The van der Waals surface area contributed by atoms with Crippen LogP contribution in [0.1, 0.15) is 21.5 Å². The molecule has 0 atom stereocenters. The molecule has 21 heavy (non-hydrogen) atoms. The largest absolute Gasteiger partial charge is 0.465 e. The van der Waals surface area contributed by atoms with Gasteiger partial charge in [0.1, 0.15) is 5.82 Å². The summed E-state index contributed by atoms with van der Waals surface area (Å²) in [7, 11) is 1.25. The Balaban J connectivity index is 2.04. The number of carbonyl (C=O) groups is 1. The highest BCUT2D eigenvalue weighted by Gasteiger charge is 2.09. The summed E-state index contributed by atoms with van der Waals surface area (Å²) >= 11 is 0. The lowest BCUT2D eigenvalue weighted by molar-refractivity contribution is 0.0600. The molecule has 0 radical (unpaired) electrons. The number of ether oxygens (including phenoxy) is 1. The van der Waals surface area contributed by atoms with Gasteiger partial charge in [-0.05, 0) is 29.3 Å². The van der Waals surface area contributed by atoms with Gasteiger partial charge in [-0.15, -0.1) is 0 Å². The number of halogens is 1. The molecule has 0 aliphatic heterocycles. The van der Waals surface area contributed by atoms with Crippen molar-refractivity contribution >= 4 is 11.7 Å². The van der Waals surface area contributed by atoms with Crippen LogP contribution in [0.2, 0.25) is 0 Å². The van der Waals surface area contributed by atoms with Crippen molar-refractivity contribution in [1.82, 2.24) is 0 Å². The molecule has 0 unspecified atom stereocenters. The van der Waals surface area contributed by atoms with E-state index >= 15 is 0 Å². The lowest BCUT2D eigenvalue weighted by Gasteiger charge is -2.09. The van der Waals surface area contributed by atoms with E-state index in [0.29, 0.717) is 12.2 Å². The summed E-state index contributed by atoms with van der Waals surface area (Å²) in [5.74, 6) is -1.08. The Morgan fingerprint density at radius 1 is 1.19 bits per heavy atom. The van der Waals surface area contributed by atoms with Crippen molar-refractivity contribution in [3.05, 3.63) is 65.0 Å². The molecule has 2 aromatic rings. The van der Waals surface area contributed by atoms with Gasteiger partial charge in [0.05, 0.1) is 25.0 Å². The Hall–Kier alpha value is -2.40. The maximum Gasteiger partial charge on any atom is 0.337 e. The third-order valence-electron chi connectivity index (χ3n) is 3.08. The Labute approximate surface area is 122 Å². The molecule has 2 N–H and O–H groups in total. The van der Waals surface area contributed by atoms with E-state index in [1.807, 2.05) is 24.3 Å². The van der Waals surface area contributed by atoms with Crippen LogP contribution < -0.4 is 5.32 Å². The molecule has 110 valence electrons. The van der Waals surface area contributed by atoms with Crippen LogP contribution in [-0.4, -0.2) is 18.2 Å². The quantitative estimate of drug-likeness (QED) is 0.831. The van der Waals surface area contributed by atoms with Crippen LogP contribution in [0.15, 0.2) is 42.5 Å². The molecule has 2 aromatic carbocycles. The standard InChI is InChI=1S/C16H16FNO3/c1-21-16(20)13-6-7-15(14(17)8-13)18-9-11-2-4-12(10-19)5-3-11/h2-8,18-19H,9-10H2,1H3. The van der Waals surface area contributed by atoms with Gasteiger partial charge in [-0.25, -0.2) is 9.18 Å². The SMILES string of the molecule is COC(=O)c1ccc(NCc2ccc(CO)cc2)c(F)c1. The van der Waals surface area contributed by atoms with E-state index in [1.165, 1.54) is 19.2 Å². The molecule has 0 aliphatic carbocycles. The fraction of sp³-hybridized carbons (Fsp3) is 0.188. The number of hydrogen-bond acceptors (Lipinski definition) is 4. The van der Waals surface area contributed by atoms with E-state index in [9.17, 15) is 9.18 Å². The zero-order valence-electron chi connectivity index (χ0n) is 11.6. The summed E-state index contributed by atoms with van der Waals surface area (Å²) in [6, 6.07) is 11.5. The predicted octanol–water partition coefficient (Wildman–Crippen LogP) is 2.72. The first-order valence-electron chi connectivity index (χ1n) is 6.44. The number of carbonyl (C=O) groups excluding carboxylic acids is 1. The highest BCUT2D eigenvalue weighted by Crippen LogP contribution is 2.17. The molecule has 0 bridgehead atoms. The van der Waals surface area contributed by atoms with Crippen molar-refractivity contribution in [3.63, 3.8) is 0 Å². The van der Waals surface area contributed by atoms with Crippen molar-refractivity contribution in [2.24, 2.45) is 0 Å². The fourth-order valence-corrected chi connectivity index (χ4v) is 1.86. The van der Waals surface area contributed by atoms with Gasteiger partial charge in [-0.2, -0.15) is 0 Å². The van der Waals surface area contributed by atoms with Crippen molar-refractivity contribution in [1.29, 1.82) is 0 Å². The molecule has 2 rings (SSSR count). The topological polar surface area (TPSA) is 58.6 Å². The molecule has 0 heterocycles. The Morgan fingerprint density at radius 3 is 2.43 bits per heavy atom. The molecule has 0 aromatic heterocycles. The predicted molar refractivity (Wildman–Crippen MR) is 77.4 cm³/mol. The number of nitrogens with one attached hydrogen (secondary N) is 1. The minimum absolute atomic E-state index is 0.00265. The second-order valence-electron chi connectivity index (χ2n) is 4.51. The van der Waals surface area contributed by atoms with Gasteiger partial charge in [0.25, 0.3) is 0 Å². The number of hydrogen-bond donors (Lipinski definition) is 2. The molecule has 0 fully saturated rings. The minimum Gasteiger partial charge on any atom is -0.465 e. The lowest BCUT2D eigenvalue weighted by Crippen LogP contribution is -2.05. The highest BCUT2D eigenvalue weighted by molar-refractivity contribution is 5.89. The van der Waals surface area contributed by atoms with Gasteiger partial charge in [0.15, 0.2) is 0 Å². The Kier molecular flexibility index (Phi) is 4.90. The average Bonchev–Trinajstić information content (AvgIpc) is 2.53. The summed E-state index contributed by atoms with van der Waals surface area (Å²) < 4.78 is 18.4. The van der Waals surface area contributed by atoms with E-state index in [4.69, 9.17) is 5.11 Å². The smallest absolute Gasteiger partial charge is 0.337 e. The second-order valence-corrected chi connectivity index (χ2v) is 4.51. The third-order valence-corrected chi connectivity index (χ3v) is 3.08. The third kappa shape index (κ3) is 3.79. The minimum atomic E-state index is -0.569. The molecule has 5 heteroatoms. The molecule has 0 spiro atoms. The van der Waals surface area contributed by atoms with Crippen LogP contribution in [-0.2, 0) is 17.9 Å². The van der Waals surface area contributed by atoms with Crippen LogP contribution in [0.5, 0.6) is 0 Å². The normalized spacial score (nSPS) is 10.2. The summed E-state index contributed by atoms with van der Waals surface area (Å²) in [5.41, 5.74) is 2.28. The van der Waals surface area contributed by atoms with E-state index in [0.717, 1.165) is 17.2 Å². The maximum absolute atomic E-state index is 13.9. The number of anilines is 1. The summed E-state index contributed by atoms with van der Waals surface area (Å²) in [6.07, 6.45) is 0. The van der Waals surface area contributed by atoms with Gasteiger partial charge in [-0.1, -0.05) is 24.3 Å². The first-order valence-corrected chi connectivity index (χ1v) is 6.44. The highest BCUT2D eigenvalue weighted by atomic mass is 19.1. The van der Waals surface area contributed by atoms with Crippen molar-refractivity contribution in [2.45, 2.75) is 13.2 Å². The first kappa shape index (κ1) is 15.0. The Morgan fingerprint density at radius 2 is 1.86 bits per heavy atom. The van der Waals surface area contributed by atoms with Crippen LogP contribution in [0.25, 0.3) is 0 Å². The van der Waals surface area contributed by atoms with Gasteiger partial charge in [0.2, 0.25) is 0 Å². The summed E-state index contributed by atoms with van der Waals surface area (Å²) in [6.45, 7) is 0.442. The van der Waals surface area contributed by atoms with Crippen molar-refractivity contribution in [3.8, 4) is 0 Å². The van der Waals surface area contributed by atoms with Gasteiger partial charge >= 0.3 is 5.97 Å². The first-order chi connectivity index (χ1) is 10.1. The summed E-state index contributed by atoms with van der Waals surface area (Å²) in [5, 5.41) is 11.9. The maximum atomic E-state index is 13.9. The number of aliphatic hydroxyl groups is 1. The number of esters is 1. The molecule has 4 nitrogen and oxygen atoms in total. The van der Waals surface area contributed by atoms with E-state index in [1.54, 1.807) is 0 Å². The zero-order chi connectivity index (χ0) is 15.2. The molecular weight excluding hydrogens is 273 g/mol. The van der Waals surface area contributed by atoms with Crippen molar-refractivity contribution < 1.29 is 19.0 Å². The number of rotatable bonds is 5. The van der Waals surface area contributed by atoms with Crippen LogP contribution in [0.4, 0.5) is 10.1 Å². The zero-order valence-corrected chi connectivity index (χ0v) is 11.6. The lowest BCUT2D eigenvalue weighted by atomic mass is 10.1. The molecular formula is C16H16FNO3. The fourth-order valence-electron chi connectivity index (χ4n) is 1.86. The molecule has 0 saturated carbocycles. The van der Waals surface area contributed by atoms with E-state index in [2.05, 4.69) is 10.1 Å². The molecule has 0 saturated heterocycles. The summed E-state index contributed by atoms with van der Waals surface area (Å²) in [4.78, 5) is 11.3. The van der Waals surface area contributed by atoms with Gasteiger partial charge < -0.3 is 15.2 Å². The average molecular weight is 289 g/mol. The second kappa shape index (κ2) is 6.85. The van der Waals surface area contributed by atoms with Crippen LogP contribution in [0, 0.1) is 5.82 Å². The van der Waals surface area contributed by atoms with Crippen LogP contribution in [0.3, 0.4) is 0 Å². The number of aliphatic hydroxyl groups excluding tert-OH is 1. The number of benzene rings is 2. The molecule has 0 aliphatic rings. The number of methoxy groups -OCH3 is 1. The monoisotopic (exact) mass is 289 g/mol. The van der Waals surface area contributed by atoms with E-state index in [-0.39, 0.29) is 12.2 Å². The van der Waals surface area contributed by atoms with Gasteiger partial charge in [-0.3, -0.25) is 0 Å². The Bertz CT molecular complexity index is 626. The van der Waals surface area contributed by atoms with E-state index < -0.39 is 11.8 Å². The van der Waals surface area contributed by atoms with Crippen LogP contribution >= 0.6 is 0 Å². The van der Waals surface area contributed by atoms with Crippen molar-refractivity contribution in [2.75, 3.05) is 12.4 Å². The van der Waals surface area contributed by atoms with Gasteiger partial charge in [0, 0.05) is 6.54 Å².